The number of nitrogens with one attached hydrogen (secondary N) is 1. The van der Waals surface area contributed by atoms with Crippen LogP contribution in [0.2, 0.25) is 5.02 Å². The van der Waals surface area contributed by atoms with Crippen molar-refractivity contribution < 1.29 is 9.63 Å². The van der Waals surface area contributed by atoms with Crippen molar-refractivity contribution in [2.45, 2.75) is 63.1 Å². The lowest BCUT2D eigenvalue weighted by molar-refractivity contribution is -0.164. The van der Waals surface area contributed by atoms with Crippen LogP contribution in [0.5, 0.6) is 0 Å². The molecule has 2 fully saturated rings. The minimum atomic E-state index is -0.314. The molecule has 0 bridgehead atoms. The molecule has 0 aromatic heterocycles. The molecule has 0 unspecified atom stereocenters. The maximum absolute atomic E-state index is 12.5. The lowest BCUT2D eigenvalue weighted by Crippen LogP contribution is -2.45. The highest BCUT2D eigenvalue weighted by molar-refractivity contribution is 6.30. The Hall–Kier alpha value is -1.10. The fraction of sp³-hybridized carbons (Fsp3) is 0.611. The normalized spacial score (nSPS) is 27.0. The summed E-state index contributed by atoms with van der Waals surface area (Å²) in [5, 5.41) is 5.63. The van der Waals surface area contributed by atoms with E-state index in [4.69, 9.17) is 16.4 Å². The van der Waals surface area contributed by atoms with Crippen molar-refractivity contribution in [1.29, 1.82) is 0 Å². The molecular weight excluding hydrogens is 312 g/mol. The first-order chi connectivity index (χ1) is 11.1. The Morgan fingerprint density at radius 3 is 2.35 bits per heavy atom. The van der Waals surface area contributed by atoms with E-state index in [1.807, 2.05) is 24.3 Å². The molecule has 3 rings (SSSR count). The number of hydrogen-bond acceptors (Lipinski definition) is 3. The van der Waals surface area contributed by atoms with E-state index < -0.39 is 0 Å². The van der Waals surface area contributed by atoms with Crippen molar-refractivity contribution in [3.8, 4) is 0 Å². The summed E-state index contributed by atoms with van der Waals surface area (Å²) in [5.41, 5.74) is 0.982. The number of rotatable bonds is 3. The summed E-state index contributed by atoms with van der Waals surface area (Å²) in [6, 6.07) is 7.64. The maximum atomic E-state index is 12.5. The molecule has 1 amide bonds. The second-order valence-electron chi connectivity index (χ2n) is 6.60. The molecule has 2 aliphatic rings. The van der Waals surface area contributed by atoms with Crippen LogP contribution in [0.3, 0.4) is 0 Å². The topological polar surface area (TPSA) is 41.6 Å². The smallest absolute Gasteiger partial charge is 0.266 e. The van der Waals surface area contributed by atoms with Crippen molar-refractivity contribution in [2.75, 3.05) is 7.05 Å². The molecule has 1 N–H and O–H groups in total. The summed E-state index contributed by atoms with van der Waals surface area (Å²) < 4.78 is 0. The Labute approximate surface area is 143 Å². The summed E-state index contributed by atoms with van der Waals surface area (Å²) in [5.74, 6) is 0.00649. The fourth-order valence-electron chi connectivity index (χ4n) is 3.55. The van der Waals surface area contributed by atoms with E-state index in [0.29, 0.717) is 11.1 Å². The molecule has 0 spiro atoms. The molecule has 1 aromatic carbocycles. The van der Waals surface area contributed by atoms with Crippen molar-refractivity contribution in [3.05, 3.63) is 34.9 Å². The van der Waals surface area contributed by atoms with Gasteiger partial charge >= 0.3 is 0 Å². The highest BCUT2D eigenvalue weighted by Gasteiger charge is 2.42. The number of amides is 1. The monoisotopic (exact) mass is 336 g/mol. The van der Waals surface area contributed by atoms with Gasteiger partial charge in [-0.1, -0.05) is 55.8 Å². The molecule has 1 saturated carbocycles. The van der Waals surface area contributed by atoms with E-state index in [9.17, 15) is 4.79 Å². The van der Waals surface area contributed by atoms with Crippen LogP contribution in [0.1, 0.15) is 56.6 Å². The van der Waals surface area contributed by atoms with Crippen molar-refractivity contribution >= 4 is 17.5 Å². The van der Waals surface area contributed by atoms with E-state index in [-0.39, 0.29) is 18.1 Å². The Balaban J connectivity index is 1.73. The number of hydrogen-bond donors (Lipinski definition) is 1. The number of benzene rings is 1. The molecule has 2 atom stereocenters. The average Bonchev–Trinajstić information content (AvgIpc) is 2.79. The van der Waals surface area contributed by atoms with Crippen molar-refractivity contribution in [2.24, 2.45) is 0 Å². The SMILES string of the molecule is CN1O[C@H](c2ccc(Cl)cc2)[C@@H](NC2CCCCCCC2)C1=O. The molecule has 0 radical (unpaired) electrons. The molecule has 1 aliphatic carbocycles. The van der Waals surface area contributed by atoms with Gasteiger partial charge in [-0.25, -0.2) is 5.06 Å². The third kappa shape index (κ3) is 4.06. The van der Waals surface area contributed by atoms with Gasteiger partial charge in [-0.3, -0.25) is 9.63 Å². The number of nitrogens with zero attached hydrogens (tertiary/aromatic N) is 1. The predicted molar refractivity (Wildman–Crippen MR) is 91.1 cm³/mol. The number of hydroxylamine groups is 2. The first-order valence-corrected chi connectivity index (χ1v) is 8.99. The molecule has 1 saturated heterocycles. The summed E-state index contributed by atoms with van der Waals surface area (Å²) in [6.45, 7) is 0. The molecule has 126 valence electrons. The predicted octanol–water partition coefficient (Wildman–Crippen LogP) is 3.86. The zero-order valence-corrected chi connectivity index (χ0v) is 14.4. The summed E-state index contributed by atoms with van der Waals surface area (Å²) in [7, 11) is 1.69. The van der Waals surface area contributed by atoms with E-state index in [1.165, 1.54) is 37.2 Å². The van der Waals surface area contributed by atoms with Crippen LogP contribution in [-0.2, 0) is 9.63 Å². The average molecular weight is 337 g/mol. The quantitative estimate of drug-likeness (QED) is 0.911. The van der Waals surface area contributed by atoms with Crippen LogP contribution in [0, 0.1) is 0 Å². The molecule has 1 aliphatic heterocycles. The lowest BCUT2D eigenvalue weighted by Gasteiger charge is -2.25. The minimum absolute atomic E-state index is 0.00649. The van der Waals surface area contributed by atoms with Crippen molar-refractivity contribution in [1.82, 2.24) is 10.4 Å². The summed E-state index contributed by atoms with van der Waals surface area (Å²) >= 11 is 5.97. The second kappa shape index (κ2) is 7.65. The minimum Gasteiger partial charge on any atom is -0.300 e. The fourth-order valence-corrected chi connectivity index (χ4v) is 3.68. The summed E-state index contributed by atoms with van der Waals surface area (Å²) in [4.78, 5) is 18.3. The second-order valence-corrected chi connectivity index (χ2v) is 7.04. The van der Waals surface area contributed by atoms with Crippen LogP contribution in [0.4, 0.5) is 0 Å². The highest BCUT2D eigenvalue weighted by atomic mass is 35.5. The maximum Gasteiger partial charge on any atom is 0.266 e. The first-order valence-electron chi connectivity index (χ1n) is 8.61. The van der Waals surface area contributed by atoms with E-state index in [1.54, 1.807) is 7.05 Å². The van der Waals surface area contributed by atoms with Crippen LogP contribution >= 0.6 is 11.6 Å². The van der Waals surface area contributed by atoms with Gasteiger partial charge in [0.2, 0.25) is 0 Å². The Morgan fingerprint density at radius 2 is 1.70 bits per heavy atom. The van der Waals surface area contributed by atoms with Gasteiger partial charge in [0.15, 0.2) is 0 Å². The number of halogens is 1. The number of likely N-dealkylation sites (N-methyl/N-ethyl adjacent to an activating group) is 1. The molecule has 1 aromatic rings. The zero-order chi connectivity index (χ0) is 16.2. The van der Waals surface area contributed by atoms with Gasteiger partial charge in [0.1, 0.15) is 12.1 Å². The summed E-state index contributed by atoms with van der Waals surface area (Å²) in [6.07, 6.45) is 8.41. The molecule has 4 nitrogen and oxygen atoms in total. The van der Waals surface area contributed by atoms with Gasteiger partial charge in [0.05, 0.1) is 0 Å². The largest absolute Gasteiger partial charge is 0.300 e. The Bertz CT molecular complexity index is 526. The third-order valence-electron chi connectivity index (χ3n) is 4.87. The Morgan fingerprint density at radius 1 is 1.09 bits per heavy atom. The molecule has 23 heavy (non-hydrogen) atoms. The standard InChI is InChI=1S/C18H25ClN2O2/c1-21-18(22)16(20-15-7-5-3-2-4-6-8-15)17(23-21)13-9-11-14(19)12-10-13/h9-12,15-17,20H,2-8H2,1H3/t16-,17-/m1/s1. The van der Waals surface area contributed by atoms with Crippen molar-refractivity contribution in [3.63, 3.8) is 0 Å². The van der Waals surface area contributed by atoms with Crippen LogP contribution in [-0.4, -0.2) is 30.1 Å². The van der Waals surface area contributed by atoms with Gasteiger partial charge in [0.25, 0.3) is 5.91 Å². The van der Waals surface area contributed by atoms with Crippen LogP contribution in [0.15, 0.2) is 24.3 Å². The Kier molecular flexibility index (Phi) is 5.57. The van der Waals surface area contributed by atoms with Gasteiger partial charge in [-0.05, 0) is 30.5 Å². The lowest BCUT2D eigenvalue weighted by atomic mass is 9.94. The first kappa shape index (κ1) is 16.7. The van der Waals surface area contributed by atoms with E-state index >= 15 is 0 Å². The van der Waals surface area contributed by atoms with Gasteiger partial charge in [0, 0.05) is 18.1 Å². The van der Waals surface area contributed by atoms with Crippen LogP contribution in [0.25, 0.3) is 0 Å². The molecule has 5 heteroatoms. The molecular formula is C18H25ClN2O2. The number of carbonyl (C=O) groups is 1. The zero-order valence-electron chi connectivity index (χ0n) is 13.6. The van der Waals surface area contributed by atoms with Gasteiger partial charge in [-0.2, -0.15) is 0 Å². The number of carbonyl (C=O) groups excluding carboxylic acids is 1. The molecule has 1 heterocycles. The van der Waals surface area contributed by atoms with Gasteiger partial charge < -0.3 is 5.32 Å². The van der Waals surface area contributed by atoms with E-state index in [0.717, 1.165) is 18.4 Å². The highest BCUT2D eigenvalue weighted by Crippen LogP contribution is 2.31. The third-order valence-corrected chi connectivity index (χ3v) is 5.12. The van der Waals surface area contributed by atoms with Crippen LogP contribution < -0.4 is 5.32 Å². The van der Waals surface area contributed by atoms with E-state index in [2.05, 4.69) is 5.32 Å². The van der Waals surface area contributed by atoms with Gasteiger partial charge in [-0.15, -0.1) is 0 Å².